The Labute approximate surface area is 71.3 Å². The SMILES string of the molecule is CC1(C(=O)O)C2C3C=CC(C3)C21. The van der Waals surface area contributed by atoms with Gasteiger partial charge in [0.25, 0.3) is 0 Å². The van der Waals surface area contributed by atoms with Gasteiger partial charge in [0.15, 0.2) is 0 Å². The highest BCUT2D eigenvalue weighted by molar-refractivity contribution is 5.80. The van der Waals surface area contributed by atoms with Gasteiger partial charge in [0.1, 0.15) is 0 Å². The van der Waals surface area contributed by atoms with Gasteiger partial charge in [-0.25, -0.2) is 0 Å². The van der Waals surface area contributed by atoms with E-state index in [1.54, 1.807) is 0 Å². The average Bonchev–Trinajstić information content (AvgIpc) is 2.47. The molecule has 0 aliphatic heterocycles. The first-order valence-corrected chi connectivity index (χ1v) is 4.57. The molecule has 3 aliphatic carbocycles. The number of carbonyl (C=O) groups is 1. The van der Waals surface area contributed by atoms with Crippen molar-refractivity contribution in [3.8, 4) is 0 Å². The molecule has 0 aromatic heterocycles. The molecule has 3 rings (SSSR count). The number of allylic oxidation sites excluding steroid dienone is 2. The van der Waals surface area contributed by atoms with Gasteiger partial charge in [0.2, 0.25) is 0 Å². The standard InChI is InChI=1S/C10H12O2/c1-10(9(11)12)7-5-2-3-6(4-5)8(7)10/h2-3,5-8H,4H2,1H3,(H,11,12). The zero-order chi connectivity index (χ0) is 8.51. The van der Waals surface area contributed by atoms with Crippen molar-refractivity contribution in [3.05, 3.63) is 12.2 Å². The van der Waals surface area contributed by atoms with E-state index in [1.165, 1.54) is 6.42 Å². The monoisotopic (exact) mass is 164 g/mol. The highest BCUT2D eigenvalue weighted by Crippen LogP contribution is 2.74. The molecule has 2 fully saturated rings. The summed E-state index contributed by atoms with van der Waals surface area (Å²) in [6.07, 6.45) is 5.66. The number of hydrogen-bond donors (Lipinski definition) is 1. The molecule has 4 atom stereocenters. The van der Waals surface area contributed by atoms with Crippen LogP contribution >= 0.6 is 0 Å². The molecule has 3 aliphatic rings. The molecule has 4 unspecified atom stereocenters. The van der Waals surface area contributed by atoms with Gasteiger partial charge < -0.3 is 5.11 Å². The van der Waals surface area contributed by atoms with E-state index in [0.717, 1.165) is 0 Å². The highest BCUT2D eigenvalue weighted by atomic mass is 16.4. The van der Waals surface area contributed by atoms with Crippen LogP contribution in [-0.2, 0) is 4.79 Å². The number of carboxylic acid groups (broad SMARTS) is 1. The zero-order valence-corrected chi connectivity index (χ0v) is 7.03. The van der Waals surface area contributed by atoms with Gasteiger partial charge in [0.05, 0.1) is 5.41 Å². The largest absolute Gasteiger partial charge is 0.481 e. The Bertz CT molecular complexity index is 274. The Morgan fingerprint density at radius 1 is 1.42 bits per heavy atom. The number of rotatable bonds is 1. The molecule has 0 radical (unpaired) electrons. The Morgan fingerprint density at radius 2 is 1.92 bits per heavy atom. The fourth-order valence-electron chi connectivity index (χ4n) is 3.58. The number of hydrogen-bond acceptors (Lipinski definition) is 1. The summed E-state index contributed by atoms with van der Waals surface area (Å²) >= 11 is 0. The van der Waals surface area contributed by atoms with Crippen LogP contribution in [0.1, 0.15) is 13.3 Å². The first-order valence-electron chi connectivity index (χ1n) is 4.57. The van der Waals surface area contributed by atoms with Crippen LogP contribution in [0.15, 0.2) is 12.2 Å². The molecule has 2 heteroatoms. The maximum absolute atomic E-state index is 11.0. The van der Waals surface area contributed by atoms with Gasteiger partial charge in [-0.15, -0.1) is 0 Å². The summed E-state index contributed by atoms with van der Waals surface area (Å²) < 4.78 is 0. The van der Waals surface area contributed by atoms with E-state index in [1.807, 2.05) is 6.92 Å². The number of fused-ring (bicyclic) bond motifs is 5. The van der Waals surface area contributed by atoms with Crippen molar-refractivity contribution in [2.45, 2.75) is 13.3 Å². The fourth-order valence-corrected chi connectivity index (χ4v) is 3.58. The van der Waals surface area contributed by atoms with Crippen LogP contribution in [0.5, 0.6) is 0 Å². The summed E-state index contributed by atoms with van der Waals surface area (Å²) in [6, 6.07) is 0. The molecule has 0 spiro atoms. The van der Waals surface area contributed by atoms with Crippen LogP contribution in [-0.4, -0.2) is 11.1 Å². The molecular formula is C10H12O2. The maximum Gasteiger partial charge on any atom is 0.309 e. The summed E-state index contributed by atoms with van der Waals surface area (Å²) in [4.78, 5) is 11.0. The molecule has 12 heavy (non-hydrogen) atoms. The Kier molecular flexibility index (Phi) is 0.897. The second kappa shape index (κ2) is 1.61. The number of carboxylic acids is 1. The van der Waals surface area contributed by atoms with E-state index in [4.69, 9.17) is 5.11 Å². The normalized spacial score (nSPS) is 58.8. The van der Waals surface area contributed by atoms with E-state index in [0.29, 0.717) is 23.7 Å². The minimum Gasteiger partial charge on any atom is -0.481 e. The van der Waals surface area contributed by atoms with Crippen LogP contribution in [0.25, 0.3) is 0 Å². The summed E-state index contributed by atoms with van der Waals surface area (Å²) in [6.45, 7) is 1.91. The van der Waals surface area contributed by atoms with Crippen molar-refractivity contribution in [2.24, 2.45) is 29.1 Å². The topological polar surface area (TPSA) is 37.3 Å². The van der Waals surface area contributed by atoms with Crippen molar-refractivity contribution in [3.63, 3.8) is 0 Å². The lowest BCUT2D eigenvalue weighted by Gasteiger charge is -2.13. The third-order valence-corrected chi connectivity index (χ3v) is 4.20. The molecule has 0 aromatic rings. The minimum absolute atomic E-state index is 0.378. The molecule has 2 saturated carbocycles. The summed E-state index contributed by atoms with van der Waals surface area (Å²) in [5.74, 6) is 1.51. The highest BCUT2D eigenvalue weighted by Gasteiger charge is 2.74. The Balaban J connectivity index is 1.98. The third-order valence-electron chi connectivity index (χ3n) is 4.20. The third kappa shape index (κ3) is 0.473. The second-order valence-electron chi connectivity index (χ2n) is 4.59. The van der Waals surface area contributed by atoms with E-state index in [9.17, 15) is 4.79 Å². The molecule has 0 amide bonds. The van der Waals surface area contributed by atoms with Crippen molar-refractivity contribution >= 4 is 5.97 Å². The van der Waals surface area contributed by atoms with Crippen molar-refractivity contribution in [2.75, 3.05) is 0 Å². The molecule has 64 valence electrons. The summed E-state index contributed by atoms with van der Waals surface area (Å²) in [7, 11) is 0. The van der Waals surface area contributed by atoms with Crippen molar-refractivity contribution < 1.29 is 9.90 Å². The molecule has 0 aromatic carbocycles. The van der Waals surface area contributed by atoms with E-state index in [2.05, 4.69) is 12.2 Å². The summed E-state index contributed by atoms with van der Waals surface area (Å²) in [5.41, 5.74) is -0.378. The van der Waals surface area contributed by atoms with E-state index < -0.39 is 5.97 Å². The van der Waals surface area contributed by atoms with Gasteiger partial charge in [-0.1, -0.05) is 12.2 Å². The molecule has 1 N–H and O–H groups in total. The van der Waals surface area contributed by atoms with Crippen LogP contribution in [0, 0.1) is 29.1 Å². The maximum atomic E-state index is 11.0. The second-order valence-corrected chi connectivity index (χ2v) is 4.59. The lowest BCUT2D eigenvalue weighted by molar-refractivity contribution is -0.144. The smallest absolute Gasteiger partial charge is 0.309 e. The average molecular weight is 164 g/mol. The quantitative estimate of drug-likeness (QED) is 0.597. The first-order chi connectivity index (χ1) is 5.65. The van der Waals surface area contributed by atoms with Crippen LogP contribution < -0.4 is 0 Å². The molecule has 0 heterocycles. The van der Waals surface area contributed by atoms with Crippen LogP contribution in [0.2, 0.25) is 0 Å². The van der Waals surface area contributed by atoms with Gasteiger partial charge in [-0.3, -0.25) is 4.79 Å². The molecule has 2 bridgehead atoms. The first kappa shape index (κ1) is 6.70. The van der Waals surface area contributed by atoms with Gasteiger partial charge in [-0.05, 0) is 37.0 Å². The van der Waals surface area contributed by atoms with Crippen LogP contribution in [0.3, 0.4) is 0 Å². The van der Waals surface area contributed by atoms with E-state index >= 15 is 0 Å². The Hall–Kier alpha value is -0.790. The molecule has 0 saturated heterocycles. The lowest BCUT2D eigenvalue weighted by Crippen LogP contribution is -2.20. The zero-order valence-electron chi connectivity index (χ0n) is 7.03. The molecule has 2 nitrogen and oxygen atoms in total. The predicted octanol–water partition coefficient (Wildman–Crippen LogP) is 1.53. The predicted molar refractivity (Wildman–Crippen MR) is 43.5 cm³/mol. The fraction of sp³-hybridized carbons (Fsp3) is 0.700. The van der Waals surface area contributed by atoms with E-state index in [-0.39, 0.29) is 5.41 Å². The van der Waals surface area contributed by atoms with Crippen molar-refractivity contribution in [1.29, 1.82) is 0 Å². The Morgan fingerprint density at radius 3 is 2.33 bits per heavy atom. The van der Waals surface area contributed by atoms with Crippen molar-refractivity contribution in [1.82, 2.24) is 0 Å². The van der Waals surface area contributed by atoms with Crippen LogP contribution in [0.4, 0.5) is 0 Å². The van der Waals surface area contributed by atoms with Gasteiger partial charge in [-0.2, -0.15) is 0 Å². The van der Waals surface area contributed by atoms with Gasteiger partial charge in [0, 0.05) is 0 Å². The molecular weight excluding hydrogens is 152 g/mol. The summed E-state index contributed by atoms with van der Waals surface area (Å²) in [5, 5.41) is 9.05. The lowest BCUT2D eigenvalue weighted by atomic mass is 9.91. The minimum atomic E-state index is -0.587. The number of aliphatic carboxylic acids is 1. The van der Waals surface area contributed by atoms with Gasteiger partial charge >= 0.3 is 5.97 Å².